The van der Waals surface area contributed by atoms with E-state index < -0.39 is 0 Å². The van der Waals surface area contributed by atoms with Gasteiger partial charge in [0, 0.05) is 18.1 Å². The van der Waals surface area contributed by atoms with E-state index in [1.165, 1.54) is 0 Å². The summed E-state index contributed by atoms with van der Waals surface area (Å²) in [4.78, 5) is 15.9. The van der Waals surface area contributed by atoms with Crippen molar-refractivity contribution in [1.82, 2.24) is 4.98 Å². The van der Waals surface area contributed by atoms with Crippen LogP contribution in [0.2, 0.25) is 0 Å². The predicted molar refractivity (Wildman–Crippen MR) is 74.4 cm³/mol. The molecule has 2 rings (SSSR count). The van der Waals surface area contributed by atoms with E-state index in [1.54, 1.807) is 36.7 Å². The Balaban J connectivity index is 2.20. The number of hydrogen-bond acceptors (Lipinski definition) is 3. The molecule has 98 valence electrons. The highest BCUT2D eigenvalue weighted by molar-refractivity contribution is 6.06. The average Bonchev–Trinajstić information content (AvgIpc) is 2.39. The molecule has 0 aliphatic rings. The summed E-state index contributed by atoms with van der Waals surface area (Å²) in [6, 6.07) is 8.51. The zero-order chi connectivity index (χ0) is 13.8. The molecule has 19 heavy (non-hydrogen) atoms. The summed E-state index contributed by atoms with van der Waals surface area (Å²) in [5.41, 5.74) is 1.91. The summed E-state index contributed by atoms with van der Waals surface area (Å²) in [5, 5.41) is 12.6. The number of aromatic nitrogens is 1. The Bertz CT molecular complexity index is 580. The molecule has 1 aromatic carbocycles. The Morgan fingerprint density at radius 1 is 1.21 bits per heavy atom. The summed E-state index contributed by atoms with van der Waals surface area (Å²) < 4.78 is 0. The maximum atomic E-state index is 12.0. The third-order valence-corrected chi connectivity index (χ3v) is 2.87. The monoisotopic (exact) mass is 256 g/mol. The molecule has 0 radical (unpaired) electrons. The highest BCUT2D eigenvalue weighted by Gasteiger charge is 2.12. The Morgan fingerprint density at radius 2 is 1.89 bits per heavy atom. The summed E-state index contributed by atoms with van der Waals surface area (Å²) in [7, 11) is 0. The topological polar surface area (TPSA) is 62.2 Å². The largest absolute Gasteiger partial charge is 0.507 e. The Labute approximate surface area is 112 Å². The first kappa shape index (κ1) is 13.1. The third-order valence-electron chi connectivity index (χ3n) is 2.87. The maximum absolute atomic E-state index is 12.0. The van der Waals surface area contributed by atoms with Crippen molar-refractivity contribution >= 4 is 11.6 Å². The minimum atomic E-state index is -0.334. The molecule has 1 heterocycles. The Morgan fingerprint density at radius 3 is 2.47 bits per heavy atom. The van der Waals surface area contributed by atoms with Gasteiger partial charge in [-0.05, 0) is 35.7 Å². The molecule has 4 nitrogen and oxygen atoms in total. The fourth-order valence-corrected chi connectivity index (χ4v) is 1.73. The van der Waals surface area contributed by atoms with E-state index in [9.17, 15) is 9.90 Å². The fourth-order valence-electron chi connectivity index (χ4n) is 1.73. The van der Waals surface area contributed by atoms with E-state index in [0.29, 0.717) is 11.6 Å². The molecule has 2 aromatic rings. The summed E-state index contributed by atoms with van der Waals surface area (Å²) in [6.45, 7) is 4.07. The molecule has 0 aliphatic carbocycles. The second kappa shape index (κ2) is 5.52. The molecular weight excluding hydrogens is 240 g/mol. The van der Waals surface area contributed by atoms with Crippen molar-refractivity contribution in [2.75, 3.05) is 5.32 Å². The smallest absolute Gasteiger partial charge is 0.259 e. The van der Waals surface area contributed by atoms with Crippen LogP contribution in [0.1, 0.15) is 35.7 Å². The number of aromatic hydroxyl groups is 1. The summed E-state index contributed by atoms with van der Waals surface area (Å²) in [5.74, 6) is -0.0278. The van der Waals surface area contributed by atoms with Crippen molar-refractivity contribution in [1.29, 1.82) is 0 Å². The quantitative estimate of drug-likeness (QED) is 0.886. The molecule has 0 unspecified atom stereocenters. The number of amides is 1. The van der Waals surface area contributed by atoms with Crippen LogP contribution in [0.4, 0.5) is 5.69 Å². The number of carbonyl (C=O) groups is 1. The van der Waals surface area contributed by atoms with Crippen molar-refractivity contribution in [3.8, 4) is 5.75 Å². The number of phenolic OH excluding ortho intramolecular Hbond substituents is 1. The highest BCUT2D eigenvalue weighted by Crippen LogP contribution is 2.24. The molecule has 0 fully saturated rings. The van der Waals surface area contributed by atoms with Crippen molar-refractivity contribution in [2.24, 2.45) is 0 Å². The van der Waals surface area contributed by atoms with Crippen LogP contribution in [-0.4, -0.2) is 16.0 Å². The van der Waals surface area contributed by atoms with Crippen LogP contribution in [0.5, 0.6) is 5.75 Å². The summed E-state index contributed by atoms with van der Waals surface area (Å²) in [6.07, 6.45) is 3.19. The standard InChI is InChI=1S/C15H16N2O2/c1-10(2)11-3-4-13(14(18)9-11)15(19)17-12-5-7-16-8-6-12/h3-10,18H,1-2H3,(H,16,17,19). The molecule has 2 N–H and O–H groups in total. The lowest BCUT2D eigenvalue weighted by atomic mass is 10.0. The van der Waals surface area contributed by atoms with Crippen LogP contribution in [0.15, 0.2) is 42.7 Å². The van der Waals surface area contributed by atoms with Crippen molar-refractivity contribution in [3.05, 3.63) is 53.9 Å². The predicted octanol–water partition coefficient (Wildman–Crippen LogP) is 3.16. The van der Waals surface area contributed by atoms with E-state index in [0.717, 1.165) is 5.56 Å². The number of hydrogen-bond donors (Lipinski definition) is 2. The molecule has 1 amide bonds. The molecule has 0 aliphatic heterocycles. The molecule has 0 saturated carbocycles. The van der Waals surface area contributed by atoms with Crippen molar-refractivity contribution < 1.29 is 9.90 Å². The van der Waals surface area contributed by atoms with Crippen LogP contribution in [0.25, 0.3) is 0 Å². The van der Waals surface area contributed by atoms with Gasteiger partial charge in [0.15, 0.2) is 0 Å². The lowest BCUT2D eigenvalue weighted by Crippen LogP contribution is -2.12. The van der Waals surface area contributed by atoms with E-state index in [4.69, 9.17) is 0 Å². The zero-order valence-electron chi connectivity index (χ0n) is 10.9. The first-order valence-corrected chi connectivity index (χ1v) is 6.12. The van der Waals surface area contributed by atoms with Crippen LogP contribution >= 0.6 is 0 Å². The second-order valence-electron chi connectivity index (χ2n) is 4.62. The molecule has 0 saturated heterocycles. The maximum Gasteiger partial charge on any atom is 0.259 e. The number of phenols is 1. The lowest BCUT2D eigenvalue weighted by molar-refractivity contribution is 0.102. The molecule has 1 aromatic heterocycles. The van der Waals surface area contributed by atoms with Gasteiger partial charge in [-0.15, -0.1) is 0 Å². The molecule has 0 bridgehead atoms. The van der Waals surface area contributed by atoms with Gasteiger partial charge >= 0.3 is 0 Å². The van der Waals surface area contributed by atoms with Gasteiger partial charge in [-0.3, -0.25) is 9.78 Å². The number of carbonyl (C=O) groups excluding carboxylic acids is 1. The molecule has 0 atom stereocenters. The fraction of sp³-hybridized carbons (Fsp3) is 0.200. The average molecular weight is 256 g/mol. The highest BCUT2D eigenvalue weighted by atomic mass is 16.3. The van der Waals surface area contributed by atoms with Crippen LogP contribution in [0.3, 0.4) is 0 Å². The van der Waals surface area contributed by atoms with Crippen LogP contribution < -0.4 is 5.32 Å². The van der Waals surface area contributed by atoms with Crippen molar-refractivity contribution in [2.45, 2.75) is 19.8 Å². The minimum Gasteiger partial charge on any atom is -0.507 e. The Kier molecular flexibility index (Phi) is 3.80. The van der Waals surface area contributed by atoms with Gasteiger partial charge < -0.3 is 10.4 Å². The zero-order valence-corrected chi connectivity index (χ0v) is 10.9. The number of nitrogens with one attached hydrogen (secondary N) is 1. The van der Waals surface area contributed by atoms with Gasteiger partial charge in [-0.1, -0.05) is 19.9 Å². The van der Waals surface area contributed by atoms with Gasteiger partial charge in [0.2, 0.25) is 0 Å². The normalized spacial score (nSPS) is 10.5. The SMILES string of the molecule is CC(C)c1ccc(C(=O)Nc2ccncc2)c(O)c1. The number of nitrogens with zero attached hydrogens (tertiary/aromatic N) is 1. The first-order chi connectivity index (χ1) is 9.08. The third kappa shape index (κ3) is 3.10. The molecule has 0 spiro atoms. The number of rotatable bonds is 3. The number of benzene rings is 1. The van der Waals surface area contributed by atoms with Gasteiger partial charge in [-0.25, -0.2) is 0 Å². The van der Waals surface area contributed by atoms with Gasteiger partial charge in [-0.2, -0.15) is 0 Å². The van der Waals surface area contributed by atoms with E-state index in [-0.39, 0.29) is 17.2 Å². The van der Waals surface area contributed by atoms with Gasteiger partial charge in [0.1, 0.15) is 5.75 Å². The molecular formula is C15H16N2O2. The molecule has 4 heteroatoms. The second-order valence-corrected chi connectivity index (χ2v) is 4.62. The Hall–Kier alpha value is -2.36. The van der Waals surface area contributed by atoms with E-state index in [2.05, 4.69) is 10.3 Å². The lowest BCUT2D eigenvalue weighted by Gasteiger charge is -2.10. The number of pyridine rings is 1. The van der Waals surface area contributed by atoms with E-state index >= 15 is 0 Å². The minimum absolute atomic E-state index is 0.00208. The van der Waals surface area contributed by atoms with E-state index in [1.807, 2.05) is 19.9 Å². The first-order valence-electron chi connectivity index (χ1n) is 6.12. The van der Waals surface area contributed by atoms with Gasteiger partial charge in [0.25, 0.3) is 5.91 Å². The summed E-state index contributed by atoms with van der Waals surface area (Å²) >= 11 is 0. The van der Waals surface area contributed by atoms with Crippen molar-refractivity contribution in [3.63, 3.8) is 0 Å². The number of anilines is 1. The van der Waals surface area contributed by atoms with Crippen LogP contribution in [0, 0.1) is 0 Å². The van der Waals surface area contributed by atoms with Gasteiger partial charge in [0.05, 0.1) is 5.56 Å². The van der Waals surface area contributed by atoms with Crippen LogP contribution in [-0.2, 0) is 0 Å².